The zero-order chi connectivity index (χ0) is 13.8. The van der Waals surface area contributed by atoms with Crippen molar-refractivity contribution in [2.24, 2.45) is 0 Å². The van der Waals surface area contributed by atoms with Gasteiger partial charge >= 0.3 is 0 Å². The lowest BCUT2D eigenvalue weighted by molar-refractivity contribution is 0.408. The van der Waals surface area contributed by atoms with Gasteiger partial charge in [-0.05, 0) is 41.8 Å². The molecular weight excluding hydrogens is 326 g/mol. The molecule has 0 spiro atoms. The summed E-state index contributed by atoms with van der Waals surface area (Å²) in [4.78, 5) is 4.17. The zero-order valence-corrected chi connectivity index (χ0v) is 13.1. The first-order valence-corrected chi connectivity index (χ1v) is 7.30. The average molecular weight is 341 g/mol. The highest BCUT2D eigenvalue weighted by molar-refractivity contribution is 9.09. The third-order valence-electron chi connectivity index (χ3n) is 3.16. The summed E-state index contributed by atoms with van der Waals surface area (Å²) in [5, 5.41) is 0.710. The Morgan fingerprint density at radius 1 is 1.21 bits per heavy atom. The van der Waals surface area contributed by atoms with Crippen molar-refractivity contribution in [3.8, 4) is 5.75 Å². The predicted molar refractivity (Wildman–Crippen MR) is 82.3 cm³/mol. The molecule has 0 bridgehead atoms. The first-order valence-electron chi connectivity index (χ1n) is 6.01. The normalized spacial score (nSPS) is 13.9. The van der Waals surface area contributed by atoms with Crippen LogP contribution < -0.4 is 4.74 Å². The molecule has 0 saturated heterocycles. The smallest absolute Gasteiger partial charge is 0.123 e. The predicted octanol–water partition coefficient (Wildman–Crippen LogP) is 4.98. The number of hydrogen-bond donors (Lipinski definition) is 0. The van der Waals surface area contributed by atoms with Crippen molar-refractivity contribution in [2.45, 2.75) is 17.7 Å². The number of hydrogen-bond acceptors (Lipinski definition) is 2. The van der Waals surface area contributed by atoms with E-state index >= 15 is 0 Å². The van der Waals surface area contributed by atoms with Crippen molar-refractivity contribution in [3.05, 3.63) is 58.9 Å². The molecule has 0 fully saturated rings. The molecule has 0 radical (unpaired) electrons. The van der Waals surface area contributed by atoms with Crippen LogP contribution in [0.15, 0.2) is 42.7 Å². The summed E-state index contributed by atoms with van der Waals surface area (Å²) in [6.45, 7) is 2.16. The minimum Gasteiger partial charge on any atom is -0.496 e. The second-order valence-electron chi connectivity index (χ2n) is 4.36. The number of ether oxygens (including phenoxy) is 1. The van der Waals surface area contributed by atoms with Crippen molar-refractivity contribution in [3.63, 3.8) is 0 Å². The molecule has 2 aromatic rings. The van der Waals surface area contributed by atoms with Crippen LogP contribution in [0.25, 0.3) is 0 Å². The Kier molecular flexibility index (Phi) is 4.83. The fourth-order valence-corrected chi connectivity index (χ4v) is 2.87. The van der Waals surface area contributed by atoms with Crippen molar-refractivity contribution >= 4 is 27.5 Å². The summed E-state index contributed by atoms with van der Waals surface area (Å²) in [6.07, 6.45) is 3.61. The maximum atomic E-state index is 6.08. The number of aromatic nitrogens is 1. The molecule has 100 valence electrons. The molecule has 0 aliphatic rings. The Balaban J connectivity index is 2.33. The largest absolute Gasteiger partial charge is 0.496 e. The first-order chi connectivity index (χ1) is 9.13. The summed E-state index contributed by atoms with van der Waals surface area (Å²) in [7, 11) is 1.67. The van der Waals surface area contributed by atoms with E-state index in [0.717, 1.165) is 11.3 Å². The van der Waals surface area contributed by atoms with Crippen LogP contribution in [0, 0.1) is 0 Å². The van der Waals surface area contributed by atoms with E-state index in [1.54, 1.807) is 19.5 Å². The summed E-state index contributed by atoms with van der Waals surface area (Å²) in [5.41, 5.74) is 2.28. The van der Waals surface area contributed by atoms with E-state index in [-0.39, 0.29) is 10.7 Å². The van der Waals surface area contributed by atoms with Crippen LogP contribution in [-0.4, -0.2) is 12.1 Å². The van der Waals surface area contributed by atoms with Crippen LogP contribution >= 0.6 is 27.5 Å². The number of halogens is 2. The molecule has 4 heteroatoms. The van der Waals surface area contributed by atoms with Gasteiger partial charge in [-0.3, -0.25) is 4.98 Å². The first kappa shape index (κ1) is 14.4. The van der Waals surface area contributed by atoms with E-state index in [1.807, 2.05) is 30.3 Å². The maximum absolute atomic E-state index is 6.08. The molecular formula is C15H15BrClNO. The molecule has 2 unspecified atom stereocenters. The minimum absolute atomic E-state index is 0.128. The molecule has 1 heterocycles. The van der Waals surface area contributed by atoms with E-state index < -0.39 is 0 Å². The third kappa shape index (κ3) is 3.28. The highest BCUT2D eigenvalue weighted by Crippen LogP contribution is 2.42. The molecule has 0 aliphatic heterocycles. The van der Waals surface area contributed by atoms with Gasteiger partial charge in [0.15, 0.2) is 0 Å². The molecule has 1 aromatic heterocycles. The van der Waals surface area contributed by atoms with E-state index in [9.17, 15) is 0 Å². The molecule has 2 rings (SSSR count). The van der Waals surface area contributed by atoms with Crippen LogP contribution in [0.1, 0.15) is 28.8 Å². The molecule has 2 atom stereocenters. The second kappa shape index (κ2) is 6.40. The average Bonchev–Trinajstić information content (AvgIpc) is 2.46. The lowest BCUT2D eigenvalue weighted by Gasteiger charge is -2.21. The molecule has 2 nitrogen and oxygen atoms in total. The van der Waals surface area contributed by atoms with Crippen molar-refractivity contribution in [2.75, 3.05) is 7.11 Å². The monoisotopic (exact) mass is 339 g/mol. The van der Waals surface area contributed by atoms with Gasteiger partial charge in [0.2, 0.25) is 0 Å². The lowest BCUT2D eigenvalue weighted by atomic mass is 9.94. The third-order valence-corrected chi connectivity index (χ3v) is 4.68. The fourth-order valence-electron chi connectivity index (χ4n) is 2.03. The van der Waals surface area contributed by atoms with E-state index in [4.69, 9.17) is 16.3 Å². The Labute approximate surface area is 126 Å². The molecule has 1 aromatic carbocycles. The Hall–Kier alpha value is -1.06. The van der Waals surface area contributed by atoms with Gasteiger partial charge in [0.05, 0.1) is 7.11 Å². The standard InChI is InChI=1S/C15H15BrClNO/c1-10(11-5-7-18-8-6-11)15(16)13-9-12(17)3-4-14(13)19-2/h3-10,15H,1-2H3. The van der Waals surface area contributed by atoms with Crippen LogP contribution in [0.4, 0.5) is 0 Å². The number of nitrogens with zero attached hydrogens (tertiary/aromatic N) is 1. The maximum Gasteiger partial charge on any atom is 0.123 e. The Bertz CT molecular complexity index is 547. The van der Waals surface area contributed by atoms with Gasteiger partial charge in [-0.15, -0.1) is 0 Å². The number of benzene rings is 1. The highest BCUT2D eigenvalue weighted by Gasteiger charge is 2.21. The van der Waals surface area contributed by atoms with Crippen molar-refractivity contribution in [1.82, 2.24) is 4.98 Å². The number of methoxy groups -OCH3 is 1. The van der Waals surface area contributed by atoms with E-state index in [2.05, 4.69) is 27.8 Å². The summed E-state index contributed by atoms with van der Waals surface area (Å²) in [5.74, 6) is 1.13. The Morgan fingerprint density at radius 2 is 1.89 bits per heavy atom. The van der Waals surface area contributed by atoms with Gasteiger partial charge < -0.3 is 4.74 Å². The van der Waals surface area contributed by atoms with Gasteiger partial charge in [0, 0.05) is 27.8 Å². The van der Waals surface area contributed by atoms with Crippen LogP contribution in [0.3, 0.4) is 0 Å². The van der Waals surface area contributed by atoms with Gasteiger partial charge in [0.1, 0.15) is 5.75 Å². The summed E-state index contributed by atoms with van der Waals surface area (Å²) >= 11 is 9.84. The van der Waals surface area contributed by atoms with Crippen molar-refractivity contribution in [1.29, 1.82) is 0 Å². The topological polar surface area (TPSA) is 22.1 Å². The van der Waals surface area contributed by atoms with Crippen LogP contribution in [0.5, 0.6) is 5.75 Å². The molecule has 0 amide bonds. The van der Waals surface area contributed by atoms with Crippen LogP contribution in [0.2, 0.25) is 5.02 Å². The zero-order valence-electron chi connectivity index (χ0n) is 10.8. The lowest BCUT2D eigenvalue weighted by Crippen LogP contribution is -2.04. The minimum atomic E-state index is 0.128. The second-order valence-corrected chi connectivity index (χ2v) is 5.78. The van der Waals surface area contributed by atoms with Gasteiger partial charge in [-0.1, -0.05) is 34.5 Å². The quantitative estimate of drug-likeness (QED) is 0.732. The molecule has 0 aliphatic carbocycles. The number of alkyl halides is 1. The van der Waals surface area contributed by atoms with Gasteiger partial charge in [-0.25, -0.2) is 0 Å². The summed E-state index contributed by atoms with van der Waals surface area (Å²) < 4.78 is 5.41. The van der Waals surface area contributed by atoms with E-state index in [0.29, 0.717) is 5.02 Å². The number of rotatable bonds is 4. The van der Waals surface area contributed by atoms with Crippen LogP contribution in [-0.2, 0) is 0 Å². The van der Waals surface area contributed by atoms with Gasteiger partial charge in [0.25, 0.3) is 0 Å². The highest BCUT2D eigenvalue weighted by atomic mass is 79.9. The Morgan fingerprint density at radius 3 is 2.53 bits per heavy atom. The number of pyridine rings is 1. The SMILES string of the molecule is COc1ccc(Cl)cc1C(Br)C(C)c1ccncc1. The van der Waals surface area contributed by atoms with Gasteiger partial charge in [-0.2, -0.15) is 0 Å². The molecule has 0 N–H and O–H groups in total. The molecule has 19 heavy (non-hydrogen) atoms. The summed E-state index contributed by atoms with van der Waals surface area (Å²) in [6, 6.07) is 9.72. The van der Waals surface area contributed by atoms with E-state index in [1.165, 1.54) is 5.56 Å². The fraction of sp³-hybridized carbons (Fsp3) is 0.267. The van der Waals surface area contributed by atoms with Crippen molar-refractivity contribution < 1.29 is 4.74 Å². The molecule has 0 saturated carbocycles.